The van der Waals surface area contributed by atoms with E-state index in [1.807, 2.05) is 11.9 Å². The number of carbonyl (C=O) groups is 4. The van der Waals surface area contributed by atoms with Crippen LogP contribution in [0.1, 0.15) is 102 Å². The summed E-state index contributed by atoms with van der Waals surface area (Å²) in [4.78, 5) is 67.5. The molecule has 5 aliphatic heterocycles. The maximum Gasteiger partial charge on any atom is 0.320 e. The molecule has 59 heavy (non-hydrogen) atoms. The molecule has 2 aromatic carbocycles. The molecule has 5 atom stereocenters. The second kappa shape index (κ2) is 15.2. The summed E-state index contributed by atoms with van der Waals surface area (Å²) in [5.74, 6) is 0.318. The molecule has 6 aliphatic rings. The van der Waals surface area contributed by atoms with E-state index in [1.54, 1.807) is 11.1 Å². The van der Waals surface area contributed by atoms with Crippen molar-refractivity contribution in [3.8, 4) is 0 Å². The molecular formula is C44H52N10O5. The van der Waals surface area contributed by atoms with Crippen LogP contribution in [0.4, 0.5) is 22.1 Å². The molecule has 3 unspecified atom stereocenters. The molecule has 5 amide bonds. The summed E-state index contributed by atoms with van der Waals surface area (Å²) in [5.41, 5.74) is 12.0. The van der Waals surface area contributed by atoms with Gasteiger partial charge in [0.2, 0.25) is 11.8 Å². The number of fused-ring (bicyclic) bond motifs is 5. The van der Waals surface area contributed by atoms with E-state index in [0.29, 0.717) is 60.6 Å². The van der Waals surface area contributed by atoms with Crippen LogP contribution in [0.5, 0.6) is 0 Å². The average Bonchev–Trinajstić information content (AvgIpc) is 3.94. The van der Waals surface area contributed by atoms with Gasteiger partial charge in [0, 0.05) is 74.9 Å². The van der Waals surface area contributed by atoms with E-state index in [-0.39, 0.29) is 29.6 Å². The molecule has 0 radical (unpaired) electrons. The first-order valence-corrected chi connectivity index (χ1v) is 21.5. The number of hydrogen-bond acceptors (Lipinski definition) is 11. The van der Waals surface area contributed by atoms with Gasteiger partial charge in [-0.1, -0.05) is 29.8 Å². The number of imide groups is 1. The fourth-order valence-electron chi connectivity index (χ4n) is 11.1. The predicted molar refractivity (Wildman–Crippen MR) is 220 cm³/mol. The fourth-order valence-corrected chi connectivity index (χ4v) is 11.1. The Morgan fingerprint density at radius 1 is 0.949 bits per heavy atom. The third-order valence-corrected chi connectivity index (χ3v) is 14.1. The van der Waals surface area contributed by atoms with Gasteiger partial charge in [0.15, 0.2) is 17.1 Å². The Morgan fingerprint density at radius 3 is 2.49 bits per heavy atom. The van der Waals surface area contributed by atoms with E-state index in [0.717, 1.165) is 81.4 Å². The number of urea groups is 1. The fraction of sp³-hybridized carbons (Fsp3) is 0.523. The van der Waals surface area contributed by atoms with E-state index in [9.17, 15) is 19.2 Å². The van der Waals surface area contributed by atoms with Crippen molar-refractivity contribution in [3.63, 3.8) is 0 Å². The van der Waals surface area contributed by atoms with Gasteiger partial charge in [-0.3, -0.25) is 24.6 Å². The molecule has 0 saturated carbocycles. The van der Waals surface area contributed by atoms with Crippen LogP contribution in [-0.2, 0) is 22.4 Å². The highest BCUT2D eigenvalue weighted by Crippen LogP contribution is 2.44. The molecule has 2 aromatic heterocycles. The van der Waals surface area contributed by atoms with Crippen molar-refractivity contribution < 1.29 is 23.7 Å². The monoisotopic (exact) mass is 800 g/mol. The Kier molecular flexibility index (Phi) is 9.73. The molecule has 15 nitrogen and oxygen atoms in total. The molecule has 308 valence electrons. The predicted octanol–water partition coefficient (Wildman–Crippen LogP) is 4.83. The number of benzene rings is 2. The lowest BCUT2D eigenvalue weighted by Gasteiger charge is -2.50. The molecule has 2 bridgehead atoms. The van der Waals surface area contributed by atoms with Crippen LogP contribution in [0, 0.1) is 5.92 Å². The quantitative estimate of drug-likeness (QED) is 0.197. The molecule has 4 aromatic rings. The molecule has 5 fully saturated rings. The number of amides is 5. The number of rotatable bonds is 9. The van der Waals surface area contributed by atoms with E-state index in [4.69, 9.17) is 15.2 Å². The standard InChI is InChI=1S/C44H52N10O5/c1-51-16-17-53(44(51)58)32-6-3-15-52(24-32)36-22-46-39(41(45)56)42(48-36)47-29-10-7-26(8-11-29)28-20-30-4-2-5-31(21-28)54(30)23-25-18-27-9-12-33-38(50-59-40(33)35(27)19-25)34-13-14-37(55)49-43(34)57/h7-12,22,25,28,30-32,34H,2-6,13-21,23-24H2,1H3,(H2,45,56)(H,47,48)(H,49,55,57)/t25-,28?,30?,31?,32-,34?/m1/s1. The minimum absolute atomic E-state index is 0.0715. The molecule has 0 spiro atoms. The van der Waals surface area contributed by atoms with Crippen molar-refractivity contribution in [2.45, 2.75) is 101 Å². The summed E-state index contributed by atoms with van der Waals surface area (Å²) in [6, 6.07) is 14.0. The van der Waals surface area contributed by atoms with Crippen molar-refractivity contribution in [2.24, 2.45) is 11.7 Å². The van der Waals surface area contributed by atoms with Crippen LogP contribution in [0.15, 0.2) is 47.1 Å². The Hall–Kier alpha value is -5.57. The highest BCUT2D eigenvalue weighted by atomic mass is 16.5. The van der Waals surface area contributed by atoms with Gasteiger partial charge in [0.25, 0.3) is 5.91 Å². The Bertz CT molecular complexity index is 2300. The SMILES string of the molecule is CN1CCN([C@@H]2CCCN(c3cnc(C(N)=O)c(Nc4ccc(C5CC6CCCC(C5)N6C[C@@H]5Cc6ccc7c(C8CCC(=O)NC8=O)noc7c6C5)cc4)n3)C2)C1=O. The lowest BCUT2D eigenvalue weighted by Crippen LogP contribution is -2.53. The smallest absolute Gasteiger partial charge is 0.320 e. The first kappa shape index (κ1) is 37.7. The molecule has 4 N–H and O–H groups in total. The van der Waals surface area contributed by atoms with Gasteiger partial charge in [0.1, 0.15) is 11.5 Å². The summed E-state index contributed by atoms with van der Waals surface area (Å²) in [6.45, 7) is 3.98. The number of anilines is 3. The number of likely N-dealkylation sites (N-methyl/N-ethyl adjacent to an activating group) is 1. The van der Waals surface area contributed by atoms with Gasteiger partial charge in [-0.25, -0.2) is 14.8 Å². The van der Waals surface area contributed by atoms with Crippen LogP contribution in [0.3, 0.4) is 0 Å². The average molecular weight is 801 g/mol. The van der Waals surface area contributed by atoms with Gasteiger partial charge in [-0.05, 0) is 98.9 Å². The number of nitrogens with one attached hydrogen (secondary N) is 2. The number of nitrogens with zero attached hydrogens (tertiary/aromatic N) is 7. The zero-order valence-electron chi connectivity index (χ0n) is 33.6. The molecule has 10 rings (SSSR count). The topological polar surface area (TPSA) is 183 Å². The Morgan fingerprint density at radius 2 is 1.75 bits per heavy atom. The van der Waals surface area contributed by atoms with Crippen molar-refractivity contribution in [2.75, 3.05) is 50.0 Å². The van der Waals surface area contributed by atoms with Crippen LogP contribution in [0.2, 0.25) is 0 Å². The second-order valence-corrected chi connectivity index (χ2v) is 17.7. The van der Waals surface area contributed by atoms with Crippen LogP contribution < -0.4 is 21.3 Å². The second-order valence-electron chi connectivity index (χ2n) is 17.7. The number of primary amides is 1. The molecular weight excluding hydrogens is 749 g/mol. The summed E-state index contributed by atoms with van der Waals surface area (Å²) in [6.07, 6.45) is 12.1. The summed E-state index contributed by atoms with van der Waals surface area (Å²) < 4.78 is 5.94. The van der Waals surface area contributed by atoms with Crippen molar-refractivity contribution >= 4 is 52.0 Å². The molecule has 5 saturated heterocycles. The molecule has 1 aliphatic carbocycles. The summed E-state index contributed by atoms with van der Waals surface area (Å²) in [5, 5.41) is 11.1. The Balaban J connectivity index is 0.790. The van der Waals surface area contributed by atoms with Gasteiger partial charge >= 0.3 is 6.03 Å². The zero-order valence-corrected chi connectivity index (χ0v) is 33.6. The third kappa shape index (κ3) is 7.06. The van der Waals surface area contributed by atoms with Gasteiger partial charge in [-0.2, -0.15) is 0 Å². The van der Waals surface area contributed by atoms with E-state index >= 15 is 0 Å². The largest absolute Gasteiger partial charge is 0.364 e. The maximum absolute atomic E-state index is 12.7. The Labute approximate surface area is 343 Å². The van der Waals surface area contributed by atoms with Gasteiger partial charge in [-0.15, -0.1) is 0 Å². The lowest BCUT2D eigenvalue weighted by atomic mass is 9.75. The third-order valence-electron chi connectivity index (χ3n) is 14.1. The van der Waals surface area contributed by atoms with Crippen LogP contribution in [-0.4, -0.2) is 111 Å². The van der Waals surface area contributed by atoms with E-state index in [2.05, 4.69) is 67.0 Å². The number of carbonyl (C=O) groups excluding carboxylic acids is 4. The van der Waals surface area contributed by atoms with Crippen molar-refractivity contribution in [1.29, 1.82) is 0 Å². The van der Waals surface area contributed by atoms with Crippen molar-refractivity contribution in [3.05, 3.63) is 70.7 Å². The highest BCUT2D eigenvalue weighted by Gasteiger charge is 2.41. The number of hydrogen-bond donors (Lipinski definition) is 3. The molecule has 15 heteroatoms. The number of aromatic nitrogens is 3. The number of nitrogens with two attached hydrogens (primary N) is 1. The lowest BCUT2D eigenvalue weighted by molar-refractivity contribution is -0.134. The highest BCUT2D eigenvalue weighted by molar-refractivity contribution is 6.02. The minimum Gasteiger partial charge on any atom is -0.364 e. The first-order valence-electron chi connectivity index (χ1n) is 21.5. The van der Waals surface area contributed by atoms with Gasteiger partial charge in [0.05, 0.1) is 18.2 Å². The first-order chi connectivity index (χ1) is 28.7. The van der Waals surface area contributed by atoms with Crippen LogP contribution in [0.25, 0.3) is 11.0 Å². The summed E-state index contributed by atoms with van der Waals surface area (Å²) >= 11 is 0. The van der Waals surface area contributed by atoms with Gasteiger partial charge < -0.3 is 30.3 Å². The van der Waals surface area contributed by atoms with Crippen LogP contribution >= 0.6 is 0 Å². The minimum atomic E-state index is -0.643. The number of piperidine rings is 4. The van der Waals surface area contributed by atoms with E-state index < -0.39 is 11.8 Å². The maximum atomic E-state index is 12.7. The summed E-state index contributed by atoms with van der Waals surface area (Å²) in [7, 11) is 1.84. The molecule has 7 heterocycles. The zero-order chi connectivity index (χ0) is 40.4. The van der Waals surface area contributed by atoms with E-state index in [1.165, 1.54) is 36.0 Å². The normalized spacial score (nSPS) is 27.3. The van der Waals surface area contributed by atoms with Crippen molar-refractivity contribution in [1.82, 2.24) is 35.1 Å².